The molecule has 0 bridgehead atoms. The van der Waals surface area contributed by atoms with Crippen LogP contribution in [0.2, 0.25) is 10.0 Å². The number of fused-ring (bicyclic) bond motifs is 1. The lowest BCUT2D eigenvalue weighted by Gasteiger charge is -2.08. The van der Waals surface area contributed by atoms with Crippen LogP contribution in [0.3, 0.4) is 0 Å². The molecule has 0 aliphatic carbocycles. The van der Waals surface area contributed by atoms with E-state index in [0.29, 0.717) is 15.7 Å². The summed E-state index contributed by atoms with van der Waals surface area (Å²) in [5.74, 6) is 0. The van der Waals surface area contributed by atoms with E-state index in [1.807, 2.05) is 0 Å². The Labute approximate surface area is 127 Å². The molecule has 1 aromatic carbocycles. The summed E-state index contributed by atoms with van der Waals surface area (Å²) >= 11 is 12.1. The van der Waals surface area contributed by atoms with Gasteiger partial charge < -0.3 is 0 Å². The fraction of sp³-hybridized carbons (Fsp3) is 0.167. The van der Waals surface area contributed by atoms with Gasteiger partial charge in [-0.1, -0.05) is 28.4 Å². The molecule has 0 aliphatic heterocycles. The van der Waals surface area contributed by atoms with Crippen molar-refractivity contribution in [1.82, 2.24) is 24.1 Å². The average Bonchev–Trinajstić information content (AvgIpc) is 2.90. The molecule has 0 fully saturated rings. The predicted octanol–water partition coefficient (Wildman–Crippen LogP) is 1.12. The lowest BCUT2D eigenvalue weighted by molar-refractivity contribution is 0.698. The molecule has 0 radical (unpaired) electrons. The van der Waals surface area contributed by atoms with Crippen molar-refractivity contribution in [3.8, 4) is 5.69 Å². The fourth-order valence-electron chi connectivity index (χ4n) is 2.09. The van der Waals surface area contributed by atoms with Crippen molar-refractivity contribution in [3.05, 3.63) is 49.1 Å². The normalized spacial score (nSPS) is 11.2. The summed E-state index contributed by atoms with van der Waals surface area (Å²) in [6.07, 6.45) is 0. The highest BCUT2D eigenvalue weighted by molar-refractivity contribution is 6.34. The van der Waals surface area contributed by atoms with Crippen LogP contribution < -0.4 is 11.2 Å². The van der Waals surface area contributed by atoms with Crippen molar-refractivity contribution in [2.45, 2.75) is 0 Å². The predicted molar refractivity (Wildman–Crippen MR) is 79.4 cm³/mol. The summed E-state index contributed by atoms with van der Waals surface area (Å²) in [4.78, 5) is 24.1. The first-order valence-electron chi connectivity index (χ1n) is 5.88. The second kappa shape index (κ2) is 4.71. The molecule has 0 saturated heterocycles. The summed E-state index contributed by atoms with van der Waals surface area (Å²) in [5, 5.41) is 8.59. The van der Waals surface area contributed by atoms with Gasteiger partial charge in [0.2, 0.25) is 0 Å². The van der Waals surface area contributed by atoms with Crippen LogP contribution in [0.1, 0.15) is 0 Å². The maximum Gasteiger partial charge on any atom is 0.332 e. The Morgan fingerprint density at radius 1 is 1.10 bits per heavy atom. The monoisotopic (exact) mass is 325 g/mol. The number of hydrogen-bond donors (Lipinski definition) is 0. The molecule has 21 heavy (non-hydrogen) atoms. The topological polar surface area (TPSA) is 74.7 Å². The average molecular weight is 326 g/mol. The molecule has 0 unspecified atom stereocenters. The number of halogens is 2. The third-order valence-corrected chi connectivity index (χ3v) is 3.74. The van der Waals surface area contributed by atoms with Crippen molar-refractivity contribution in [2.75, 3.05) is 0 Å². The molecule has 108 valence electrons. The Bertz CT molecular complexity index is 986. The first kappa shape index (κ1) is 13.8. The molecule has 0 atom stereocenters. The Balaban J connectivity index is 2.49. The van der Waals surface area contributed by atoms with Gasteiger partial charge in [-0.2, -0.15) is 4.68 Å². The Hall–Kier alpha value is -2.12. The van der Waals surface area contributed by atoms with Crippen molar-refractivity contribution in [3.63, 3.8) is 0 Å². The molecule has 0 saturated carbocycles. The van der Waals surface area contributed by atoms with Crippen LogP contribution in [0, 0.1) is 0 Å². The van der Waals surface area contributed by atoms with E-state index in [4.69, 9.17) is 23.2 Å². The lowest BCUT2D eigenvalue weighted by Crippen LogP contribution is -2.37. The van der Waals surface area contributed by atoms with Crippen molar-refractivity contribution >= 4 is 34.4 Å². The third kappa shape index (κ3) is 1.97. The van der Waals surface area contributed by atoms with Gasteiger partial charge in [0, 0.05) is 19.1 Å². The quantitative estimate of drug-likeness (QED) is 0.672. The molecule has 2 aromatic heterocycles. The summed E-state index contributed by atoms with van der Waals surface area (Å²) in [7, 11) is 2.91. The SMILES string of the molecule is Cn1c(=O)c2nnn(-c3cc(Cl)ccc3Cl)c2n(C)c1=O. The number of aryl methyl sites for hydroxylation is 1. The highest BCUT2D eigenvalue weighted by Gasteiger charge is 2.18. The molecule has 2 heterocycles. The second-order valence-corrected chi connectivity index (χ2v) is 5.32. The molecule has 0 spiro atoms. The van der Waals surface area contributed by atoms with Crippen molar-refractivity contribution in [2.24, 2.45) is 14.1 Å². The maximum atomic E-state index is 12.1. The van der Waals surface area contributed by atoms with Crippen LogP contribution in [0.25, 0.3) is 16.9 Å². The Morgan fingerprint density at radius 2 is 1.81 bits per heavy atom. The molecule has 0 amide bonds. The zero-order valence-corrected chi connectivity index (χ0v) is 12.6. The molecule has 3 aromatic rings. The minimum absolute atomic E-state index is 0.0793. The number of nitrogens with zero attached hydrogens (tertiary/aromatic N) is 5. The van der Waals surface area contributed by atoms with Gasteiger partial charge in [-0.3, -0.25) is 13.9 Å². The van der Waals surface area contributed by atoms with Gasteiger partial charge in [0.05, 0.1) is 10.7 Å². The third-order valence-electron chi connectivity index (χ3n) is 3.18. The number of rotatable bonds is 1. The van der Waals surface area contributed by atoms with Gasteiger partial charge in [0.1, 0.15) is 0 Å². The summed E-state index contributed by atoms with van der Waals surface area (Å²) in [6, 6.07) is 4.82. The minimum atomic E-state index is -0.516. The highest BCUT2D eigenvalue weighted by Crippen LogP contribution is 2.25. The van der Waals surface area contributed by atoms with Crippen molar-refractivity contribution < 1.29 is 0 Å². The summed E-state index contributed by atoms with van der Waals surface area (Å²) in [6.45, 7) is 0. The Kier molecular flexibility index (Phi) is 3.11. The molecule has 9 heteroatoms. The Morgan fingerprint density at radius 3 is 2.52 bits per heavy atom. The molecule has 0 N–H and O–H groups in total. The van der Waals surface area contributed by atoms with E-state index < -0.39 is 11.2 Å². The van der Waals surface area contributed by atoms with Crippen LogP contribution in [0.4, 0.5) is 0 Å². The van der Waals surface area contributed by atoms with Crippen LogP contribution >= 0.6 is 23.2 Å². The van der Waals surface area contributed by atoms with Crippen LogP contribution in [0.15, 0.2) is 27.8 Å². The van der Waals surface area contributed by atoms with E-state index in [1.165, 1.54) is 23.3 Å². The second-order valence-electron chi connectivity index (χ2n) is 4.47. The van der Waals surface area contributed by atoms with Crippen LogP contribution in [-0.4, -0.2) is 24.1 Å². The van der Waals surface area contributed by atoms with Crippen LogP contribution in [0.5, 0.6) is 0 Å². The molecular weight excluding hydrogens is 317 g/mol. The zero-order valence-electron chi connectivity index (χ0n) is 11.0. The van der Waals surface area contributed by atoms with E-state index in [2.05, 4.69) is 10.3 Å². The standard InChI is InChI=1S/C12H9Cl2N5O2/c1-17-10-9(11(20)18(2)12(17)21)15-16-19(10)8-5-6(13)3-4-7(8)14/h3-5H,1-2H3. The van der Waals surface area contributed by atoms with Gasteiger partial charge in [0.15, 0.2) is 11.2 Å². The van der Waals surface area contributed by atoms with E-state index in [9.17, 15) is 9.59 Å². The minimum Gasteiger partial charge on any atom is -0.279 e. The zero-order chi connectivity index (χ0) is 15.3. The first-order chi connectivity index (χ1) is 9.91. The largest absolute Gasteiger partial charge is 0.332 e. The summed E-state index contributed by atoms with van der Waals surface area (Å²) < 4.78 is 3.58. The number of aromatic nitrogens is 5. The number of hydrogen-bond acceptors (Lipinski definition) is 4. The molecular formula is C12H9Cl2N5O2. The van der Waals surface area contributed by atoms with Gasteiger partial charge >= 0.3 is 5.69 Å². The van der Waals surface area contributed by atoms with Crippen LogP contribution in [-0.2, 0) is 14.1 Å². The molecule has 3 rings (SSSR count). The molecule has 7 nitrogen and oxygen atoms in total. The van der Waals surface area contributed by atoms with Gasteiger partial charge in [-0.25, -0.2) is 4.79 Å². The smallest absolute Gasteiger partial charge is 0.279 e. The van der Waals surface area contributed by atoms with E-state index in [1.54, 1.807) is 18.2 Å². The van der Waals surface area contributed by atoms with Gasteiger partial charge in [-0.15, -0.1) is 5.10 Å². The maximum absolute atomic E-state index is 12.1. The lowest BCUT2D eigenvalue weighted by atomic mass is 10.3. The summed E-state index contributed by atoms with van der Waals surface area (Å²) in [5.41, 5.74) is -0.218. The van der Waals surface area contributed by atoms with E-state index >= 15 is 0 Å². The molecule has 0 aliphatic rings. The van der Waals surface area contributed by atoms with E-state index in [0.717, 1.165) is 4.57 Å². The van der Waals surface area contributed by atoms with E-state index in [-0.39, 0.29) is 11.2 Å². The highest BCUT2D eigenvalue weighted by atomic mass is 35.5. The van der Waals surface area contributed by atoms with Crippen molar-refractivity contribution in [1.29, 1.82) is 0 Å². The fourth-order valence-corrected chi connectivity index (χ4v) is 2.45. The van der Waals surface area contributed by atoms with Gasteiger partial charge in [0.25, 0.3) is 5.56 Å². The first-order valence-corrected chi connectivity index (χ1v) is 6.64. The van der Waals surface area contributed by atoms with Gasteiger partial charge in [-0.05, 0) is 18.2 Å². The number of benzene rings is 1.